The lowest BCUT2D eigenvalue weighted by Gasteiger charge is -2.33. The maximum atomic E-state index is 13.3. The van der Waals surface area contributed by atoms with E-state index in [2.05, 4.69) is 24.3 Å². The molecule has 168 valence electrons. The highest BCUT2D eigenvalue weighted by Gasteiger charge is 2.53. The molecular formula is C32H22O3. The van der Waals surface area contributed by atoms with Crippen molar-refractivity contribution in [3.8, 4) is 0 Å². The first-order valence-electron chi connectivity index (χ1n) is 11.7. The van der Waals surface area contributed by atoms with Gasteiger partial charge in [-0.05, 0) is 44.5 Å². The number of esters is 2. The molecule has 1 saturated heterocycles. The highest BCUT2D eigenvalue weighted by molar-refractivity contribution is 6.30. The van der Waals surface area contributed by atoms with Gasteiger partial charge in [0, 0.05) is 0 Å². The number of fused-ring (bicyclic) bond motifs is 1. The molecule has 1 fully saturated rings. The topological polar surface area (TPSA) is 43.4 Å². The smallest absolute Gasteiger partial charge is 0.322 e. The third-order valence-electron chi connectivity index (χ3n) is 6.75. The number of rotatable bonds is 4. The summed E-state index contributed by atoms with van der Waals surface area (Å²) in [6.07, 6.45) is 0. The van der Waals surface area contributed by atoms with Crippen LogP contribution in [0.25, 0.3) is 22.3 Å². The number of benzene rings is 4. The van der Waals surface area contributed by atoms with Gasteiger partial charge in [-0.15, -0.1) is 0 Å². The summed E-state index contributed by atoms with van der Waals surface area (Å²) in [5, 5.41) is 0. The van der Waals surface area contributed by atoms with Gasteiger partial charge in [0.05, 0.1) is 0 Å². The van der Waals surface area contributed by atoms with E-state index in [1.54, 1.807) is 0 Å². The third-order valence-corrected chi connectivity index (χ3v) is 6.75. The molecule has 2 aliphatic rings. The van der Waals surface area contributed by atoms with E-state index in [1.165, 1.54) is 0 Å². The molecule has 0 saturated carbocycles. The summed E-state index contributed by atoms with van der Waals surface area (Å²) in [6, 6.07) is 40.0. The van der Waals surface area contributed by atoms with Crippen LogP contribution in [-0.2, 0) is 14.3 Å². The summed E-state index contributed by atoms with van der Waals surface area (Å²) in [7, 11) is 0. The van der Waals surface area contributed by atoms with Crippen LogP contribution in [0.4, 0.5) is 0 Å². The lowest BCUT2D eigenvalue weighted by Crippen LogP contribution is -2.26. The van der Waals surface area contributed by atoms with E-state index in [9.17, 15) is 9.59 Å². The quantitative estimate of drug-likeness (QED) is 0.260. The van der Waals surface area contributed by atoms with Crippen molar-refractivity contribution in [2.75, 3.05) is 0 Å². The van der Waals surface area contributed by atoms with Gasteiger partial charge in [0.1, 0.15) is 11.8 Å². The number of hydrogen-bond acceptors (Lipinski definition) is 3. The number of carbonyl (C=O) groups is 2. The van der Waals surface area contributed by atoms with E-state index in [0.29, 0.717) is 0 Å². The largest absolute Gasteiger partial charge is 0.392 e. The highest BCUT2D eigenvalue weighted by Crippen LogP contribution is 2.56. The van der Waals surface area contributed by atoms with Crippen LogP contribution in [0.15, 0.2) is 121 Å². The molecule has 0 N–H and O–H groups in total. The van der Waals surface area contributed by atoms with Crippen LogP contribution in [0.3, 0.4) is 0 Å². The molecule has 2 atom stereocenters. The fourth-order valence-corrected chi connectivity index (χ4v) is 5.34. The molecule has 0 aromatic heterocycles. The van der Waals surface area contributed by atoms with Gasteiger partial charge in [0.15, 0.2) is 0 Å². The van der Waals surface area contributed by atoms with Crippen molar-refractivity contribution < 1.29 is 14.3 Å². The Labute approximate surface area is 204 Å². The van der Waals surface area contributed by atoms with E-state index in [0.717, 1.165) is 44.5 Å². The minimum absolute atomic E-state index is 0.493. The molecule has 1 aliphatic carbocycles. The summed E-state index contributed by atoms with van der Waals surface area (Å²) in [5.74, 6) is -2.42. The molecule has 35 heavy (non-hydrogen) atoms. The van der Waals surface area contributed by atoms with E-state index in [-0.39, 0.29) is 0 Å². The van der Waals surface area contributed by atoms with Crippen molar-refractivity contribution in [2.24, 2.45) is 11.8 Å². The van der Waals surface area contributed by atoms with Crippen molar-refractivity contribution in [1.29, 1.82) is 0 Å². The number of cyclic esters (lactones) is 2. The first-order chi connectivity index (χ1) is 17.2. The first-order valence-corrected chi connectivity index (χ1v) is 11.7. The van der Waals surface area contributed by atoms with Crippen LogP contribution in [0.1, 0.15) is 22.3 Å². The molecular weight excluding hydrogens is 432 g/mol. The van der Waals surface area contributed by atoms with Crippen molar-refractivity contribution >= 4 is 34.2 Å². The Balaban J connectivity index is 1.81. The summed E-state index contributed by atoms with van der Waals surface area (Å²) in [5.41, 5.74) is 7.37. The zero-order valence-electron chi connectivity index (χ0n) is 18.9. The van der Waals surface area contributed by atoms with Gasteiger partial charge in [0.2, 0.25) is 0 Å². The maximum absolute atomic E-state index is 13.3. The second-order valence-electron chi connectivity index (χ2n) is 8.74. The van der Waals surface area contributed by atoms with Crippen molar-refractivity contribution in [3.63, 3.8) is 0 Å². The highest BCUT2D eigenvalue weighted by atomic mass is 16.6. The predicted molar refractivity (Wildman–Crippen MR) is 137 cm³/mol. The monoisotopic (exact) mass is 454 g/mol. The van der Waals surface area contributed by atoms with Crippen LogP contribution in [0.5, 0.6) is 0 Å². The van der Waals surface area contributed by atoms with E-state index >= 15 is 0 Å². The van der Waals surface area contributed by atoms with Gasteiger partial charge in [-0.25, -0.2) is 0 Å². The Kier molecular flexibility index (Phi) is 5.23. The fourth-order valence-electron chi connectivity index (χ4n) is 5.34. The second-order valence-corrected chi connectivity index (χ2v) is 8.74. The van der Waals surface area contributed by atoms with Crippen LogP contribution in [0.2, 0.25) is 0 Å². The van der Waals surface area contributed by atoms with Gasteiger partial charge in [0.25, 0.3) is 0 Å². The molecule has 4 aromatic carbocycles. The van der Waals surface area contributed by atoms with Gasteiger partial charge in [-0.1, -0.05) is 121 Å². The number of hydrogen-bond donors (Lipinski definition) is 0. The Morgan fingerprint density at radius 1 is 0.400 bits per heavy atom. The molecule has 0 bridgehead atoms. The van der Waals surface area contributed by atoms with Gasteiger partial charge in [-0.2, -0.15) is 0 Å². The second kappa shape index (κ2) is 8.69. The standard InChI is InChI=1S/C32H22O3/c33-31-29-27(23-17-9-3-10-18-23)25(21-13-5-1-6-14-21)26(22-15-7-2-8-16-22)28(30(29)32(34)35-31)24-19-11-4-12-20-24/h1-20,29-30H/t29-,30+. The average Bonchev–Trinajstić information content (AvgIpc) is 3.22. The third kappa shape index (κ3) is 3.53. The van der Waals surface area contributed by atoms with Gasteiger partial charge >= 0.3 is 11.9 Å². The fraction of sp³-hybridized carbons (Fsp3) is 0.0625. The Hall–Kier alpha value is -4.50. The minimum Gasteiger partial charge on any atom is -0.392 e. The van der Waals surface area contributed by atoms with E-state index in [4.69, 9.17) is 4.74 Å². The molecule has 0 amide bonds. The summed E-state index contributed by atoms with van der Waals surface area (Å²) in [4.78, 5) is 26.6. The molecule has 4 aromatic rings. The van der Waals surface area contributed by atoms with E-state index < -0.39 is 23.8 Å². The van der Waals surface area contributed by atoms with Crippen LogP contribution in [-0.4, -0.2) is 11.9 Å². The molecule has 0 spiro atoms. The van der Waals surface area contributed by atoms with E-state index in [1.807, 2.05) is 97.1 Å². The normalized spacial score (nSPS) is 19.5. The van der Waals surface area contributed by atoms with Crippen LogP contribution in [0, 0.1) is 11.8 Å². The van der Waals surface area contributed by atoms with Crippen LogP contribution < -0.4 is 0 Å². The SMILES string of the molecule is O=C1OC(=O)[C@H]2C(c3ccccc3)=C(c3ccccc3)C(c3ccccc3)=C(c3ccccc3)[C@@H]12. The summed E-state index contributed by atoms with van der Waals surface area (Å²) < 4.78 is 5.33. The summed E-state index contributed by atoms with van der Waals surface area (Å²) >= 11 is 0. The Bertz CT molecular complexity index is 1350. The molecule has 1 heterocycles. The number of ether oxygens (including phenoxy) is 1. The van der Waals surface area contributed by atoms with Crippen molar-refractivity contribution in [1.82, 2.24) is 0 Å². The molecule has 0 unspecified atom stereocenters. The number of allylic oxidation sites excluding steroid dienone is 2. The number of carbonyl (C=O) groups excluding carboxylic acids is 2. The predicted octanol–water partition coefficient (Wildman–Crippen LogP) is 6.54. The van der Waals surface area contributed by atoms with Crippen molar-refractivity contribution in [2.45, 2.75) is 0 Å². The molecule has 3 heteroatoms. The zero-order valence-corrected chi connectivity index (χ0v) is 18.9. The lowest BCUT2D eigenvalue weighted by atomic mass is 9.66. The van der Waals surface area contributed by atoms with Gasteiger partial charge < -0.3 is 4.74 Å². The lowest BCUT2D eigenvalue weighted by molar-refractivity contribution is -0.153. The molecule has 6 rings (SSSR count). The molecule has 3 nitrogen and oxygen atoms in total. The van der Waals surface area contributed by atoms with Crippen LogP contribution >= 0.6 is 0 Å². The van der Waals surface area contributed by atoms with Crippen molar-refractivity contribution in [3.05, 3.63) is 144 Å². The molecule has 0 radical (unpaired) electrons. The Morgan fingerprint density at radius 2 is 0.686 bits per heavy atom. The zero-order chi connectivity index (χ0) is 23.8. The van der Waals surface area contributed by atoms with Gasteiger partial charge in [-0.3, -0.25) is 9.59 Å². The Morgan fingerprint density at radius 3 is 1.00 bits per heavy atom. The maximum Gasteiger partial charge on any atom is 0.322 e. The minimum atomic E-state index is -0.720. The first kappa shape index (κ1) is 21.1. The summed E-state index contributed by atoms with van der Waals surface area (Å²) in [6.45, 7) is 0. The average molecular weight is 455 g/mol. The molecule has 1 aliphatic heterocycles.